The van der Waals surface area contributed by atoms with Crippen molar-refractivity contribution in [1.29, 1.82) is 0 Å². The Morgan fingerprint density at radius 3 is 2.09 bits per heavy atom. The van der Waals surface area contributed by atoms with Crippen molar-refractivity contribution in [3.8, 4) is 0 Å². The lowest BCUT2D eigenvalue weighted by atomic mass is 9.87. The van der Waals surface area contributed by atoms with E-state index in [2.05, 4.69) is 26.1 Å². The summed E-state index contributed by atoms with van der Waals surface area (Å²) in [5, 5.41) is 2.62. The number of nitrogens with one attached hydrogen (secondary N) is 1. The van der Waals surface area contributed by atoms with E-state index in [9.17, 15) is 18.0 Å². The summed E-state index contributed by atoms with van der Waals surface area (Å²) in [6, 6.07) is 14.1. The minimum Gasteiger partial charge on any atom is -0.357 e. The summed E-state index contributed by atoms with van der Waals surface area (Å²) in [4.78, 5) is 27.7. The van der Waals surface area contributed by atoms with Gasteiger partial charge in [0.2, 0.25) is 21.8 Å². The first-order chi connectivity index (χ1) is 15.8. The Hall–Kier alpha value is -2.87. The number of aryl methyl sites for hydroxylation is 1. The van der Waals surface area contributed by atoms with Gasteiger partial charge in [0.1, 0.15) is 12.6 Å². The summed E-state index contributed by atoms with van der Waals surface area (Å²) in [5.74, 6) is -0.728. The van der Waals surface area contributed by atoms with Crippen LogP contribution in [-0.4, -0.2) is 51.0 Å². The molecule has 2 rings (SSSR count). The van der Waals surface area contributed by atoms with Crippen LogP contribution in [0.4, 0.5) is 5.69 Å². The molecule has 8 heteroatoms. The number of rotatable bonds is 9. The highest BCUT2D eigenvalue weighted by Crippen LogP contribution is 2.26. The molecule has 0 saturated heterocycles. The van der Waals surface area contributed by atoms with Gasteiger partial charge in [-0.3, -0.25) is 13.9 Å². The smallest absolute Gasteiger partial charge is 0.244 e. The predicted octanol–water partition coefficient (Wildman–Crippen LogP) is 3.61. The minimum atomic E-state index is -3.75. The highest BCUT2D eigenvalue weighted by Gasteiger charge is 2.31. The molecule has 1 atom stereocenters. The molecule has 1 unspecified atom stereocenters. The number of anilines is 1. The minimum absolute atomic E-state index is 0.0868. The number of carbonyl (C=O) groups is 2. The fourth-order valence-corrected chi connectivity index (χ4v) is 4.65. The molecule has 2 aromatic rings. The van der Waals surface area contributed by atoms with Gasteiger partial charge in [0, 0.05) is 13.6 Å². The topological polar surface area (TPSA) is 86.8 Å². The Balaban J connectivity index is 2.44. The van der Waals surface area contributed by atoms with Gasteiger partial charge in [0.25, 0.3) is 0 Å². The first-order valence-corrected chi connectivity index (χ1v) is 13.3. The normalized spacial score (nSPS) is 12.7. The van der Waals surface area contributed by atoms with E-state index in [0.29, 0.717) is 12.1 Å². The highest BCUT2D eigenvalue weighted by molar-refractivity contribution is 7.92. The third kappa shape index (κ3) is 6.82. The van der Waals surface area contributed by atoms with Crippen LogP contribution in [0.25, 0.3) is 0 Å². The zero-order valence-corrected chi connectivity index (χ0v) is 22.1. The molecule has 186 valence electrons. The van der Waals surface area contributed by atoms with E-state index < -0.39 is 28.5 Å². The van der Waals surface area contributed by atoms with Crippen LogP contribution in [0.2, 0.25) is 0 Å². The maximum atomic E-state index is 13.6. The first kappa shape index (κ1) is 27.4. The largest absolute Gasteiger partial charge is 0.357 e. The lowest BCUT2D eigenvalue weighted by molar-refractivity contribution is -0.140. The third-order valence-corrected chi connectivity index (χ3v) is 7.08. The number of hydrogen-bond donors (Lipinski definition) is 1. The van der Waals surface area contributed by atoms with Crippen LogP contribution in [-0.2, 0) is 31.6 Å². The molecule has 0 spiro atoms. The molecule has 0 radical (unpaired) electrons. The fraction of sp³-hybridized carbons (Fsp3) is 0.462. The van der Waals surface area contributed by atoms with E-state index in [1.54, 1.807) is 12.1 Å². The standard InChI is InChI=1S/C26H37N3O4S/c1-8-23(25(31)27-6)28(17-20-12-10-9-11-19(20)2)24(30)18-29(34(7,32)33)22-15-13-21(14-16-22)26(3,4)5/h9-16,23H,8,17-18H2,1-7H3,(H,27,31). The summed E-state index contributed by atoms with van der Waals surface area (Å²) in [5.41, 5.74) is 3.27. The van der Waals surface area contributed by atoms with Gasteiger partial charge in [-0.05, 0) is 47.6 Å². The van der Waals surface area contributed by atoms with Crippen molar-refractivity contribution in [3.05, 3.63) is 65.2 Å². The van der Waals surface area contributed by atoms with E-state index in [-0.39, 0.29) is 17.9 Å². The second kappa shape index (κ2) is 11.0. The van der Waals surface area contributed by atoms with Crippen molar-refractivity contribution in [2.24, 2.45) is 0 Å². The Bertz CT molecular complexity index is 1110. The maximum Gasteiger partial charge on any atom is 0.244 e. The molecule has 0 aliphatic rings. The van der Waals surface area contributed by atoms with Crippen LogP contribution in [0.5, 0.6) is 0 Å². The van der Waals surface area contributed by atoms with Gasteiger partial charge in [-0.25, -0.2) is 8.42 Å². The molecule has 2 aromatic carbocycles. The van der Waals surface area contributed by atoms with Crippen LogP contribution < -0.4 is 9.62 Å². The Morgan fingerprint density at radius 1 is 1.03 bits per heavy atom. The van der Waals surface area contributed by atoms with Crippen LogP contribution in [0.1, 0.15) is 50.8 Å². The van der Waals surface area contributed by atoms with E-state index in [0.717, 1.165) is 27.3 Å². The van der Waals surface area contributed by atoms with Gasteiger partial charge in [-0.15, -0.1) is 0 Å². The summed E-state index contributed by atoms with van der Waals surface area (Å²) >= 11 is 0. The molecule has 2 amide bonds. The molecule has 34 heavy (non-hydrogen) atoms. The van der Waals surface area contributed by atoms with Crippen molar-refractivity contribution in [1.82, 2.24) is 10.2 Å². The first-order valence-electron chi connectivity index (χ1n) is 11.4. The van der Waals surface area contributed by atoms with Gasteiger partial charge in [-0.2, -0.15) is 0 Å². The predicted molar refractivity (Wildman–Crippen MR) is 137 cm³/mol. The number of nitrogens with zero attached hydrogens (tertiary/aromatic N) is 2. The van der Waals surface area contributed by atoms with Crippen LogP contribution in [0, 0.1) is 6.92 Å². The molecule has 1 N–H and O–H groups in total. The lowest BCUT2D eigenvalue weighted by Gasteiger charge is -2.33. The van der Waals surface area contributed by atoms with Gasteiger partial charge >= 0.3 is 0 Å². The number of amides is 2. The van der Waals surface area contributed by atoms with Crippen LogP contribution >= 0.6 is 0 Å². The van der Waals surface area contributed by atoms with Crippen molar-refractivity contribution < 1.29 is 18.0 Å². The molecule has 0 aliphatic carbocycles. The summed E-state index contributed by atoms with van der Waals surface area (Å²) < 4.78 is 26.5. The number of likely N-dealkylation sites (N-methyl/N-ethyl adjacent to an activating group) is 1. The Labute approximate surface area is 204 Å². The van der Waals surface area contributed by atoms with E-state index in [1.807, 2.05) is 50.2 Å². The average molecular weight is 488 g/mol. The maximum absolute atomic E-state index is 13.6. The number of hydrogen-bond acceptors (Lipinski definition) is 4. The van der Waals surface area contributed by atoms with Gasteiger partial charge in [0.05, 0.1) is 11.9 Å². The second-order valence-electron chi connectivity index (χ2n) is 9.55. The molecule has 0 bridgehead atoms. The summed E-state index contributed by atoms with van der Waals surface area (Å²) in [6.07, 6.45) is 1.48. The lowest BCUT2D eigenvalue weighted by Crippen LogP contribution is -2.51. The monoisotopic (exact) mass is 487 g/mol. The van der Waals surface area contributed by atoms with Gasteiger partial charge in [0.15, 0.2) is 0 Å². The molecule has 0 fully saturated rings. The summed E-state index contributed by atoms with van der Waals surface area (Å²) in [7, 11) is -2.22. The average Bonchev–Trinajstić information content (AvgIpc) is 2.76. The zero-order chi connectivity index (χ0) is 25.7. The Morgan fingerprint density at radius 2 is 1.62 bits per heavy atom. The molecule has 0 aliphatic heterocycles. The molecular formula is C26H37N3O4S. The number of carbonyl (C=O) groups excluding carboxylic acids is 2. The molecule has 0 saturated carbocycles. The van der Waals surface area contributed by atoms with Crippen molar-refractivity contribution in [3.63, 3.8) is 0 Å². The van der Waals surface area contributed by atoms with Crippen LogP contribution in [0.15, 0.2) is 48.5 Å². The van der Waals surface area contributed by atoms with E-state index in [4.69, 9.17) is 0 Å². The molecular weight excluding hydrogens is 450 g/mol. The van der Waals surface area contributed by atoms with Crippen molar-refractivity contribution in [2.45, 2.75) is 59.0 Å². The summed E-state index contributed by atoms with van der Waals surface area (Å²) in [6.45, 7) is 9.81. The fourth-order valence-electron chi connectivity index (χ4n) is 3.80. The molecule has 0 heterocycles. The highest BCUT2D eigenvalue weighted by atomic mass is 32.2. The second-order valence-corrected chi connectivity index (χ2v) is 11.5. The number of benzene rings is 2. The van der Waals surface area contributed by atoms with Gasteiger partial charge in [-0.1, -0.05) is 64.1 Å². The number of sulfonamides is 1. The SMILES string of the molecule is CCC(C(=O)NC)N(Cc1ccccc1C)C(=O)CN(c1ccc(C(C)(C)C)cc1)S(C)(=O)=O. The van der Waals surface area contributed by atoms with Gasteiger partial charge < -0.3 is 10.2 Å². The van der Waals surface area contributed by atoms with Crippen LogP contribution in [0.3, 0.4) is 0 Å². The molecule has 0 aromatic heterocycles. The quantitative estimate of drug-likeness (QED) is 0.585. The van der Waals surface area contributed by atoms with Crippen molar-refractivity contribution >= 4 is 27.5 Å². The Kier molecular flexibility index (Phi) is 8.89. The van der Waals surface area contributed by atoms with Crippen molar-refractivity contribution in [2.75, 3.05) is 24.2 Å². The molecule has 7 nitrogen and oxygen atoms in total. The third-order valence-electron chi connectivity index (χ3n) is 5.93. The van der Waals surface area contributed by atoms with E-state index in [1.165, 1.54) is 11.9 Å². The zero-order valence-electron chi connectivity index (χ0n) is 21.3. The van der Waals surface area contributed by atoms with E-state index >= 15 is 0 Å².